The molecular formula is C17H16FNOS. The van der Waals surface area contributed by atoms with Crippen LogP contribution in [0.4, 0.5) is 4.39 Å². The predicted octanol–water partition coefficient (Wildman–Crippen LogP) is 3.72. The van der Waals surface area contributed by atoms with Gasteiger partial charge in [-0.25, -0.2) is 4.39 Å². The molecule has 0 fully saturated rings. The largest absolute Gasteiger partial charge is 0.349 e. The van der Waals surface area contributed by atoms with Gasteiger partial charge in [0, 0.05) is 10.6 Å². The molecule has 4 heteroatoms. The summed E-state index contributed by atoms with van der Waals surface area (Å²) in [5.41, 5.74) is 1.60. The van der Waals surface area contributed by atoms with Crippen LogP contribution in [0, 0.1) is 5.82 Å². The number of amides is 1. The van der Waals surface area contributed by atoms with Gasteiger partial charge in [0.2, 0.25) is 5.91 Å². The molecule has 2 nitrogen and oxygen atoms in total. The summed E-state index contributed by atoms with van der Waals surface area (Å²) in [6.07, 6.45) is 0.989. The Morgan fingerprint density at radius 2 is 1.95 bits per heavy atom. The van der Waals surface area contributed by atoms with Crippen molar-refractivity contribution in [1.82, 2.24) is 5.32 Å². The average Bonchev–Trinajstić information content (AvgIpc) is 2.50. The maximum atomic E-state index is 13.6. The molecule has 1 aliphatic heterocycles. The molecule has 2 aromatic rings. The van der Waals surface area contributed by atoms with Crippen LogP contribution in [0.1, 0.15) is 23.6 Å². The van der Waals surface area contributed by atoms with Crippen molar-refractivity contribution >= 4 is 17.7 Å². The lowest BCUT2D eigenvalue weighted by atomic mass is 10.0. The zero-order valence-electron chi connectivity index (χ0n) is 11.5. The van der Waals surface area contributed by atoms with E-state index in [-0.39, 0.29) is 24.2 Å². The summed E-state index contributed by atoms with van der Waals surface area (Å²) in [7, 11) is 0. The highest BCUT2D eigenvalue weighted by molar-refractivity contribution is 7.99. The van der Waals surface area contributed by atoms with Crippen LogP contribution in [0.2, 0.25) is 0 Å². The van der Waals surface area contributed by atoms with Crippen LogP contribution in [0.5, 0.6) is 0 Å². The summed E-state index contributed by atoms with van der Waals surface area (Å²) in [4.78, 5) is 13.4. The fourth-order valence-electron chi connectivity index (χ4n) is 2.55. The minimum Gasteiger partial charge on any atom is -0.349 e. The number of halogens is 1. The second-order valence-corrected chi connectivity index (χ2v) is 6.20. The van der Waals surface area contributed by atoms with Gasteiger partial charge in [0.1, 0.15) is 5.82 Å². The van der Waals surface area contributed by atoms with Crippen molar-refractivity contribution in [2.24, 2.45) is 0 Å². The van der Waals surface area contributed by atoms with Crippen LogP contribution in [0.25, 0.3) is 0 Å². The normalized spacial score (nSPS) is 17.1. The van der Waals surface area contributed by atoms with Crippen LogP contribution >= 0.6 is 11.8 Å². The van der Waals surface area contributed by atoms with Crippen LogP contribution in [0.15, 0.2) is 53.4 Å². The monoisotopic (exact) mass is 301 g/mol. The average molecular weight is 301 g/mol. The lowest BCUT2D eigenvalue weighted by Crippen LogP contribution is -2.31. The number of rotatable bonds is 3. The molecule has 1 N–H and O–H groups in total. The zero-order valence-corrected chi connectivity index (χ0v) is 12.3. The number of nitrogens with one attached hydrogen (secondary N) is 1. The van der Waals surface area contributed by atoms with E-state index in [1.54, 1.807) is 18.2 Å². The first-order valence-electron chi connectivity index (χ1n) is 6.98. The molecular weight excluding hydrogens is 285 g/mol. The summed E-state index contributed by atoms with van der Waals surface area (Å²) in [6, 6.07) is 14.6. The number of thioether (sulfide) groups is 1. The Labute approximate surface area is 127 Å². The van der Waals surface area contributed by atoms with Gasteiger partial charge in [-0.1, -0.05) is 36.4 Å². The van der Waals surface area contributed by atoms with Gasteiger partial charge in [0.25, 0.3) is 0 Å². The standard InChI is InChI=1S/C17H16FNOS/c18-14-7-3-1-5-12(14)11-17(20)19-15-9-10-21-16-8-4-2-6-13(15)16/h1-8,15H,9-11H2,(H,19,20)/t15-/m1/s1. The van der Waals surface area contributed by atoms with E-state index in [1.165, 1.54) is 11.0 Å². The zero-order chi connectivity index (χ0) is 14.7. The minimum absolute atomic E-state index is 0.0294. The summed E-state index contributed by atoms with van der Waals surface area (Å²) in [5.74, 6) is 0.529. The van der Waals surface area contributed by atoms with Gasteiger partial charge in [0.05, 0.1) is 12.5 Å². The molecule has 3 rings (SSSR count). The smallest absolute Gasteiger partial charge is 0.225 e. The SMILES string of the molecule is O=C(Cc1ccccc1F)N[C@@H]1CCSc2ccccc21. The van der Waals surface area contributed by atoms with E-state index in [9.17, 15) is 9.18 Å². The van der Waals surface area contributed by atoms with Crippen molar-refractivity contribution in [1.29, 1.82) is 0 Å². The number of fused-ring (bicyclic) bond motifs is 1. The predicted molar refractivity (Wildman–Crippen MR) is 82.8 cm³/mol. The Bertz CT molecular complexity index is 659. The molecule has 108 valence electrons. The molecule has 1 aliphatic rings. The van der Waals surface area contributed by atoms with Gasteiger partial charge in [-0.3, -0.25) is 4.79 Å². The van der Waals surface area contributed by atoms with Crippen molar-refractivity contribution in [2.75, 3.05) is 5.75 Å². The van der Waals surface area contributed by atoms with Crippen LogP contribution < -0.4 is 5.32 Å². The number of carbonyl (C=O) groups excluding carboxylic acids is 1. The van der Waals surface area contributed by atoms with Crippen molar-refractivity contribution in [3.8, 4) is 0 Å². The molecule has 2 aromatic carbocycles. The van der Waals surface area contributed by atoms with Gasteiger partial charge in [-0.2, -0.15) is 0 Å². The molecule has 0 saturated heterocycles. The number of hydrogen-bond acceptors (Lipinski definition) is 2. The number of hydrogen-bond donors (Lipinski definition) is 1. The molecule has 0 spiro atoms. The van der Waals surface area contributed by atoms with E-state index in [4.69, 9.17) is 0 Å². The van der Waals surface area contributed by atoms with E-state index < -0.39 is 0 Å². The van der Waals surface area contributed by atoms with Crippen LogP contribution in [-0.4, -0.2) is 11.7 Å². The van der Waals surface area contributed by atoms with Crippen molar-refractivity contribution in [3.05, 3.63) is 65.5 Å². The van der Waals surface area contributed by atoms with Gasteiger partial charge in [-0.15, -0.1) is 11.8 Å². The first kappa shape index (κ1) is 14.1. The molecule has 1 amide bonds. The molecule has 0 aromatic heterocycles. The van der Waals surface area contributed by atoms with Gasteiger partial charge >= 0.3 is 0 Å². The molecule has 1 heterocycles. The maximum absolute atomic E-state index is 13.6. The summed E-state index contributed by atoms with van der Waals surface area (Å²) in [5, 5.41) is 3.03. The highest BCUT2D eigenvalue weighted by atomic mass is 32.2. The fraction of sp³-hybridized carbons (Fsp3) is 0.235. The molecule has 0 saturated carbocycles. The maximum Gasteiger partial charge on any atom is 0.225 e. The highest BCUT2D eigenvalue weighted by Crippen LogP contribution is 2.35. The third kappa shape index (κ3) is 3.27. The van der Waals surface area contributed by atoms with Crippen molar-refractivity contribution in [2.45, 2.75) is 23.8 Å². The third-order valence-corrected chi connectivity index (χ3v) is 4.73. The third-order valence-electron chi connectivity index (χ3n) is 3.60. The first-order valence-corrected chi connectivity index (χ1v) is 7.97. The minimum atomic E-state index is -0.327. The van der Waals surface area contributed by atoms with E-state index >= 15 is 0 Å². The summed E-state index contributed by atoms with van der Waals surface area (Å²) >= 11 is 1.81. The van der Waals surface area contributed by atoms with Crippen molar-refractivity contribution < 1.29 is 9.18 Å². The van der Waals surface area contributed by atoms with Crippen LogP contribution in [-0.2, 0) is 11.2 Å². The summed E-state index contributed by atoms with van der Waals surface area (Å²) < 4.78 is 13.6. The summed E-state index contributed by atoms with van der Waals surface area (Å²) in [6.45, 7) is 0. The Kier molecular flexibility index (Phi) is 4.25. The van der Waals surface area contributed by atoms with Crippen molar-refractivity contribution in [3.63, 3.8) is 0 Å². The molecule has 0 aliphatic carbocycles. The highest BCUT2D eigenvalue weighted by Gasteiger charge is 2.22. The Morgan fingerprint density at radius 1 is 1.19 bits per heavy atom. The van der Waals surface area contributed by atoms with E-state index in [2.05, 4.69) is 17.4 Å². The second-order valence-electron chi connectivity index (χ2n) is 5.06. The van der Waals surface area contributed by atoms with E-state index in [1.807, 2.05) is 23.9 Å². The number of carbonyl (C=O) groups is 1. The lowest BCUT2D eigenvalue weighted by molar-refractivity contribution is -0.121. The molecule has 0 bridgehead atoms. The Balaban J connectivity index is 1.70. The molecule has 21 heavy (non-hydrogen) atoms. The molecule has 0 unspecified atom stereocenters. The van der Waals surface area contributed by atoms with Gasteiger partial charge in [-0.05, 0) is 29.7 Å². The van der Waals surface area contributed by atoms with Crippen LogP contribution in [0.3, 0.4) is 0 Å². The Hall–Kier alpha value is -1.81. The molecule has 0 radical (unpaired) electrons. The second kappa shape index (κ2) is 6.31. The lowest BCUT2D eigenvalue weighted by Gasteiger charge is -2.25. The van der Waals surface area contributed by atoms with Gasteiger partial charge in [0.15, 0.2) is 0 Å². The van der Waals surface area contributed by atoms with Gasteiger partial charge < -0.3 is 5.32 Å². The Morgan fingerprint density at radius 3 is 2.81 bits per heavy atom. The fourth-order valence-corrected chi connectivity index (χ4v) is 3.68. The quantitative estimate of drug-likeness (QED) is 0.936. The van der Waals surface area contributed by atoms with E-state index in [0.29, 0.717) is 5.56 Å². The molecule has 1 atom stereocenters. The topological polar surface area (TPSA) is 29.1 Å². The van der Waals surface area contributed by atoms with E-state index in [0.717, 1.165) is 17.7 Å². The number of benzene rings is 2. The first-order chi connectivity index (χ1) is 10.2.